The highest BCUT2D eigenvalue weighted by molar-refractivity contribution is 7.13. The molecule has 1 aromatic heterocycles. The molecule has 82 valence electrons. The zero-order valence-corrected chi connectivity index (χ0v) is 9.43. The lowest BCUT2D eigenvalue weighted by atomic mass is 10.2. The van der Waals surface area contributed by atoms with Gasteiger partial charge in [0.05, 0.1) is 4.88 Å². The lowest BCUT2D eigenvalue weighted by molar-refractivity contribution is -0.139. The van der Waals surface area contributed by atoms with Gasteiger partial charge in [-0.15, -0.1) is 11.3 Å². The molecule has 0 aliphatic carbocycles. The van der Waals surface area contributed by atoms with Crippen molar-refractivity contribution in [1.29, 1.82) is 0 Å². The Hall–Kier alpha value is -1.36. The highest BCUT2D eigenvalue weighted by Crippen LogP contribution is 2.14. The molecule has 0 radical (unpaired) electrons. The summed E-state index contributed by atoms with van der Waals surface area (Å²) in [6, 6.07) is 2.73. The molecule has 1 heterocycles. The van der Waals surface area contributed by atoms with Crippen LogP contribution in [0.15, 0.2) is 12.1 Å². The monoisotopic (exact) mass is 227 g/mol. The average Bonchev–Trinajstić information content (AvgIpc) is 2.60. The quantitative estimate of drug-likeness (QED) is 0.822. The van der Waals surface area contributed by atoms with E-state index in [4.69, 9.17) is 5.11 Å². The van der Waals surface area contributed by atoms with E-state index in [2.05, 4.69) is 5.32 Å². The number of hydrogen-bond acceptors (Lipinski definition) is 3. The van der Waals surface area contributed by atoms with Gasteiger partial charge in [0.1, 0.15) is 6.04 Å². The van der Waals surface area contributed by atoms with Crippen molar-refractivity contribution in [1.82, 2.24) is 5.32 Å². The van der Waals surface area contributed by atoms with Gasteiger partial charge in [-0.1, -0.05) is 6.92 Å². The third-order valence-electron chi connectivity index (χ3n) is 1.98. The molecule has 1 rings (SSSR count). The zero-order valence-electron chi connectivity index (χ0n) is 8.61. The average molecular weight is 227 g/mol. The summed E-state index contributed by atoms with van der Waals surface area (Å²) in [5.41, 5.74) is 0. The number of rotatable bonds is 4. The second kappa shape index (κ2) is 4.93. The maximum absolute atomic E-state index is 11.6. The number of carbonyl (C=O) groups is 2. The molecule has 4 nitrogen and oxygen atoms in total. The van der Waals surface area contributed by atoms with Crippen molar-refractivity contribution in [2.24, 2.45) is 0 Å². The number of hydrogen-bond donors (Lipinski definition) is 2. The second-order valence-corrected chi connectivity index (χ2v) is 4.47. The van der Waals surface area contributed by atoms with Crippen LogP contribution in [0.4, 0.5) is 0 Å². The van der Waals surface area contributed by atoms with E-state index in [-0.39, 0.29) is 5.91 Å². The van der Waals surface area contributed by atoms with Gasteiger partial charge in [0.15, 0.2) is 0 Å². The molecule has 0 aliphatic heterocycles. The fraction of sp³-hybridized carbons (Fsp3) is 0.400. The van der Waals surface area contributed by atoms with Gasteiger partial charge in [0.25, 0.3) is 5.91 Å². The molecule has 0 spiro atoms. The minimum absolute atomic E-state index is 0.317. The molecule has 0 aliphatic rings. The van der Waals surface area contributed by atoms with Gasteiger partial charge in [-0.25, -0.2) is 4.79 Å². The number of amides is 1. The van der Waals surface area contributed by atoms with Crippen LogP contribution in [0, 0.1) is 6.92 Å². The van der Waals surface area contributed by atoms with Gasteiger partial charge in [0.2, 0.25) is 0 Å². The highest BCUT2D eigenvalue weighted by atomic mass is 32.1. The summed E-state index contributed by atoms with van der Waals surface area (Å²) in [6.45, 7) is 3.62. The smallest absolute Gasteiger partial charge is 0.326 e. The molecule has 0 bridgehead atoms. The molecule has 2 N–H and O–H groups in total. The van der Waals surface area contributed by atoms with Crippen LogP contribution in [0.3, 0.4) is 0 Å². The molecule has 1 aromatic rings. The largest absolute Gasteiger partial charge is 0.480 e. The number of carboxylic acids is 1. The van der Waals surface area contributed by atoms with Gasteiger partial charge in [0, 0.05) is 4.88 Å². The predicted octanol–water partition coefficient (Wildman–Crippen LogP) is 1.65. The summed E-state index contributed by atoms with van der Waals surface area (Å²) in [5, 5.41) is 11.2. The van der Waals surface area contributed by atoms with E-state index in [0.29, 0.717) is 11.3 Å². The van der Waals surface area contributed by atoms with E-state index < -0.39 is 12.0 Å². The van der Waals surface area contributed by atoms with Crippen molar-refractivity contribution in [2.45, 2.75) is 26.3 Å². The summed E-state index contributed by atoms with van der Waals surface area (Å²) in [7, 11) is 0. The lowest BCUT2D eigenvalue weighted by Crippen LogP contribution is -2.39. The van der Waals surface area contributed by atoms with Crippen LogP contribution in [-0.2, 0) is 4.79 Å². The lowest BCUT2D eigenvalue weighted by Gasteiger charge is -2.10. The van der Waals surface area contributed by atoms with Crippen LogP contribution < -0.4 is 5.32 Å². The van der Waals surface area contributed by atoms with Crippen LogP contribution in [-0.4, -0.2) is 23.0 Å². The number of carboxylic acid groups (broad SMARTS) is 1. The Bertz CT molecular complexity index is 372. The van der Waals surface area contributed by atoms with E-state index in [1.54, 1.807) is 13.0 Å². The Morgan fingerprint density at radius 2 is 2.20 bits per heavy atom. The van der Waals surface area contributed by atoms with E-state index >= 15 is 0 Å². The van der Waals surface area contributed by atoms with Gasteiger partial charge >= 0.3 is 5.97 Å². The molecule has 0 fully saturated rings. The van der Waals surface area contributed by atoms with Crippen LogP contribution in [0.25, 0.3) is 0 Å². The Morgan fingerprint density at radius 1 is 1.53 bits per heavy atom. The number of thiophene rings is 1. The molecule has 1 atom stereocenters. The van der Waals surface area contributed by atoms with Crippen molar-refractivity contribution in [3.05, 3.63) is 21.9 Å². The van der Waals surface area contributed by atoms with Crippen molar-refractivity contribution < 1.29 is 14.7 Å². The summed E-state index contributed by atoms with van der Waals surface area (Å²) >= 11 is 1.36. The van der Waals surface area contributed by atoms with Crippen molar-refractivity contribution in [2.75, 3.05) is 0 Å². The Balaban J connectivity index is 2.66. The maximum Gasteiger partial charge on any atom is 0.326 e. The molecule has 1 unspecified atom stereocenters. The summed E-state index contributed by atoms with van der Waals surface area (Å²) in [4.78, 5) is 23.8. The third kappa shape index (κ3) is 3.06. The van der Waals surface area contributed by atoms with E-state index in [0.717, 1.165) is 4.88 Å². The molecule has 0 saturated carbocycles. The number of aryl methyl sites for hydroxylation is 1. The zero-order chi connectivity index (χ0) is 11.4. The van der Waals surface area contributed by atoms with Gasteiger partial charge in [-0.05, 0) is 25.5 Å². The van der Waals surface area contributed by atoms with Crippen LogP contribution >= 0.6 is 11.3 Å². The van der Waals surface area contributed by atoms with E-state index in [1.165, 1.54) is 11.3 Å². The Kier molecular flexibility index (Phi) is 3.85. The molecule has 0 aromatic carbocycles. The van der Waals surface area contributed by atoms with Gasteiger partial charge in [-0.2, -0.15) is 0 Å². The van der Waals surface area contributed by atoms with E-state index in [9.17, 15) is 9.59 Å². The van der Waals surface area contributed by atoms with Gasteiger partial charge in [-0.3, -0.25) is 4.79 Å². The summed E-state index contributed by atoms with van der Waals surface area (Å²) in [5.74, 6) is -1.32. The standard InChI is InChI=1S/C10H13NO3S/c1-3-7(10(13)14)11-9(12)8-5-4-6(2)15-8/h4-5,7H,3H2,1-2H3,(H,11,12)(H,13,14). The maximum atomic E-state index is 11.6. The summed E-state index contributed by atoms with van der Waals surface area (Å²) < 4.78 is 0. The third-order valence-corrected chi connectivity index (χ3v) is 2.98. The predicted molar refractivity (Wildman–Crippen MR) is 58.2 cm³/mol. The second-order valence-electron chi connectivity index (χ2n) is 3.18. The topological polar surface area (TPSA) is 66.4 Å². The molecule has 5 heteroatoms. The minimum Gasteiger partial charge on any atom is -0.480 e. The highest BCUT2D eigenvalue weighted by Gasteiger charge is 2.18. The fourth-order valence-corrected chi connectivity index (χ4v) is 1.90. The first-order valence-electron chi connectivity index (χ1n) is 4.64. The van der Waals surface area contributed by atoms with Crippen molar-refractivity contribution in [3.8, 4) is 0 Å². The number of nitrogens with one attached hydrogen (secondary N) is 1. The molecule has 1 amide bonds. The number of aliphatic carboxylic acids is 1. The van der Waals surface area contributed by atoms with E-state index in [1.807, 2.05) is 13.0 Å². The van der Waals surface area contributed by atoms with Crippen LogP contribution in [0.2, 0.25) is 0 Å². The van der Waals surface area contributed by atoms with Crippen molar-refractivity contribution in [3.63, 3.8) is 0 Å². The normalized spacial score (nSPS) is 12.1. The first kappa shape index (κ1) is 11.7. The first-order valence-corrected chi connectivity index (χ1v) is 5.46. The molecule has 0 saturated heterocycles. The summed E-state index contributed by atoms with van der Waals surface area (Å²) in [6.07, 6.45) is 0.380. The Morgan fingerprint density at radius 3 is 2.60 bits per heavy atom. The first-order chi connectivity index (χ1) is 7.04. The number of carbonyl (C=O) groups excluding carboxylic acids is 1. The molecule has 15 heavy (non-hydrogen) atoms. The molecular weight excluding hydrogens is 214 g/mol. The molecular formula is C10H13NO3S. The van der Waals surface area contributed by atoms with Gasteiger partial charge < -0.3 is 10.4 Å². The Labute approximate surface area is 91.9 Å². The van der Waals surface area contributed by atoms with Crippen LogP contribution in [0.1, 0.15) is 27.9 Å². The van der Waals surface area contributed by atoms with Crippen molar-refractivity contribution >= 4 is 23.2 Å². The SMILES string of the molecule is CCC(NC(=O)c1ccc(C)s1)C(=O)O. The minimum atomic E-state index is -1.00. The fourth-order valence-electron chi connectivity index (χ4n) is 1.12. The van der Waals surface area contributed by atoms with Crippen LogP contribution in [0.5, 0.6) is 0 Å².